The van der Waals surface area contributed by atoms with Crippen LogP contribution in [0.4, 0.5) is 5.69 Å². The van der Waals surface area contributed by atoms with Crippen LogP contribution in [0.25, 0.3) is 0 Å². The van der Waals surface area contributed by atoms with Gasteiger partial charge in [-0.3, -0.25) is 9.69 Å². The maximum atomic E-state index is 13.7. The number of carbonyl (C=O) groups is 2. The molecule has 2 aromatic rings. The summed E-state index contributed by atoms with van der Waals surface area (Å²) in [6.07, 6.45) is 6.54. The molecule has 0 radical (unpaired) electrons. The minimum atomic E-state index is -1.13. The lowest BCUT2D eigenvalue weighted by molar-refractivity contribution is -0.139. The third-order valence-electron chi connectivity index (χ3n) is 5.89. The molecule has 2 unspecified atom stereocenters. The van der Waals surface area contributed by atoms with Crippen molar-refractivity contribution >= 4 is 40.8 Å². The number of ether oxygens (including phenoxy) is 3. The zero-order chi connectivity index (χ0) is 25.8. The predicted molar refractivity (Wildman–Crippen MR) is 139 cm³/mol. The Bertz CT molecular complexity index is 1220. The maximum absolute atomic E-state index is 13.7. The summed E-state index contributed by atoms with van der Waals surface area (Å²) in [4.78, 5) is 26.5. The van der Waals surface area contributed by atoms with Gasteiger partial charge < -0.3 is 19.3 Å². The third kappa shape index (κ3) is 5.47. The number of anilines is 1. The third-order valence-corrected chi connectivity index (χ3v) is 6.45. The van der Waals surface area contributed by atoms with E-state index >= 15 is 0 Å². The van der Waals surface area contributed by atoms with Crippen LogP contribution in [0.2, 0.25) is 5.02 Å². The van der Waals surface area contributed by atoms with E-state index in [2.05, 4.69) is 0 Å². The van der Waals surface area contributed by atoms with Crippen molar-refractivity contribution in [3.8, 4) is 17.2 Å². The topological polar surface area (TPSA) is 85.3 Å². The van der Waals surface area contributed by atoms with Crippen LogP contribution in [0.15, 0.2) is 54.1 Å². The highest BCUT2D eigenvalue weighted by atomic mass is 35.5. The summed E-state index contributed by atoms with van der Waals surface area (Å²) >= 11 is 12.6. The van der Waals surface area contributed by atoms with Crippen LogP contribution in [0.1, 0.15) is 37.4 Å². The van der Waals surface area contributed by atoms with Crippen molar-refractivity contribution < 1.29 is 28.9 Å². The molecule has 2 aliphatic rings. The summed E-state index contributed by atoms with van der Waals surface area (Å²) in [6.45, 7) is 4.14. The highest BCUT2D eigenvalue weighted by Gasteiger charge is 2.38. The van der Waals surface area contributed by atoms with E-state index < -0.39 is 18.6 Å². The zero-order valence-corrected chi connectivity index (χ0v) is 21.5. The SMILES string of the molecule is CCOc1cc2c(cc1OCC)C(C1=CCC(Cl)C=C1)N(c1cc(Cl)ccc1OCC(=O)O)C(=O)C2. The standard InChI is InChI=1S/C27H27Cl2NO6/c1-3-34-23-11-17-12-25(31)30(21-13-19(29)9-10-22(21)36-15-26(32)33)27(16-5-7-18(28)8-6-16)20(17)14-24(23)35-4-2/h5-7,9-11,13-14,18,27H,3-4,8,12,15H2,1-2H3,(H,32,33). The molecule has 36 heavy (non-hydrogen) atoms. The summed E-state index contributed by atoms with van der Waals surface area (Å²) in [6, 6.07) is 8.02. The molecule has 9 heteroatoms. The van der Waals surface area contributed by atoms with Crippen molar-refractivity contribution in [2.24, 2.45) is 0 Å². The van der Waals surface area contributed by atoms with Crippen LogP contribution in [0, 0.1) is 0 Å². The molecule has 0 saturated heterocycles. The van der Waals surface area contributed by atoms with Gasteiger partial charge in [-0.05, 0) is 67.3 Å². The van der Waals surface area contributed by atoms with E-state index in [0.717, 1.165) is 16.7 Å². The van der Waals surface area contributed by atoms with Gasteiger partial charge in [0.15, 0.2) is 18.1 Å². The molecule has 0 fully saturated rings. The van der Waals surface area contributed by atoms with Crippen molar-refractivity contribution in [3.63, 3.8) is 0 Å². The van der Waals surface area contributed by atoms with Gasteiger partial charge in [-0.15, -0.1) is 11.6 Å². The molecule has 7 nitrogen and oxygen atoms in total. The van der Waals surface area contributed by atoms with E-state index in [4.69, 9.17) is 42.5 Å². The largest absolute Gasteiger partial charge is 0.490 e. The zero-order valence-electron chi connectivity index (χ0n) is 20.0. The Kier molecular flexibility index (Phi) is 8.11. The van der Waals surface area contributed by atoms with E-state index in [0.29, 0.717) is 41.8 Å². The van der Waals surface area contributed by atoms with Gasteiger partial charge in [-0.2, -0.15) is 0 Å². The van der Waals surface area contributed by atoms with Crippen molar-refractivity contribution in [1.82, 2.24) is 0 Å². The Labute approximate surface area is 219 Å². The summed E-state index contributed by atoms with van der Waals surface area (Å²) in [5, 5.41) is 9.41. The molecule has 1 aliphatic heterocycles. The molecule has 1 N–H and O–H groups in total. The number of carbonyl (C=O) groups excluding carboxylic acids is 1. The van der Waals surface area contributed by atoms with Gasteiger partial charge in [0.25, 0.3) is 0 Å². The second kappa shape index (κ2) is 11.3. The van der Waals surface area contributed by atoms with Gasteiger partial charge in [-0.1, -0.05) is 29.8 Å². The van der Waals surface area contributed by atoms with E-state index in [1.54, 1.807) is 23.1 Å². The van der Waals surface area contributed by atoms with Gasteiger partial charge >= 0.3 is 5.97 Å². The highest BCUT2D eigenvalue weighted by Crippen LogP contribution is 2.47. The predicted octanol–water partition coefficient (Wildman–Crippen LogP) is 5.72. The van der Waals surface area contributed by atoms with Crippen LogP contribution in [0.3, 0.4) is 0 Å². The Morgan fingerprint density at radius 1 is 1.08 bits per heavy atom. The van der Waals surface area contributed by atoms with Gasteiger partial charge in [0.1, 0.15) is 5.75 Å². The first kappa shape index (κ1) is 25.9. The number of fused-ring (bicyclic) bond motifs is 1. The number of benzene rings is 2. The fraction of sp³-hybridized carbons (Fsp3) is 0.333. The van der Waals surface area contributed by atoms with Gasteiger partial charge in [0, 0.05) is 5.02 Å². The number of carboxylic acids is 1. The van der Waals surface area contributed by atoms with Crippen LogP contribution < -0.4 is 19.1 Å². The Morgan fingerprint density at radius 2 is 1.81 bits per heavy atom. The molecule has 0 aromatic heterocycles. The Balaban J connectivity index is 1.90. The first-order valence-corrected chi connectivity index (χ1v) is 12.5. The highest BCUT2D eigenvalue weighted by molar-refractivity contribution is 6.31. The number of halogens is 2. The molecular weight excluding hydrogens is 505 g/mol. The van der Waals surface area contributed by atoms with E-state index in [-0.39, 0.29) is 23.5 Å². The van der Waals surface area contributed by atoms with Crippen LogP contribution >= 0.6 is 23.2 Å². The van der Waals surface area contributed by atoms with E-state index in [9.17, 15) is 9.59 Å². The average molecular weight is 532 g/mol. The summed E-state index contributed by atoms with van der Waals surface area (Å²) in [7, 11) is 0. The fourth-order valence-electron chi connectivity index (χ4n) is 4.45. The second-order valence-corrected chi connectivity index (χ2v) is 9.31. The van der Waals surface area contributed by atoms with Crippen molar-refractivity contribution in [2.75, 3.05) is 24.7 Å². The first-order chi connectivity index (χ1) is 17.3. The summed E-state index contributed by atoms with van der Waals surface area (Å²) < 4.78 is 17.2. The molecule has 1 heterocycles. The van der Waals surface area contributed by atoms with Crippen LogP contribution in [0.5, 0.6) is 17.2 Å². The molecule has 0 bridgehead atoms. The fourth-order valence-corrected chi connectivity index (χ4v) is 4.78. The summed E-state index contributed by atoms with van der Waals surface area (Å²) in [5.41, 5.74) is 2.95. The average Bonchev–Trinajstić information content (AvgIpc) is 2.84. The van der Waals surface area contributed by atoms with Crippen molar-refractivity contribution in [3.05, 3.63) is 70.3 Å². The number of amides is 1. The summed E-state index contributed by atoms with van der Waals surface area (Å²) in [5.74, 6) is 0.0967. The molecule has 1 aliphatic carbocycles. The minimum Gasteiger partial charge on any atom is -0.490 e. The van der Waals surface area contributed by atoms with E-state index in [1.807, 2.05) is 44.2 Å². The molecular formula is C27H27Cl2NO6. The lowest BCUT2D eigenvalue weighted by Crippen LogP contribution is -2.41. The molecule has 4 rings (SSSR count). The lowest BCUT2D eigenvalue weighted by atomic mass is 9.84. The Hall–Kier alpha value is -3.16. The molecule has 190 valence electrons. The molecule has 0 spiro atoms. The van der Waals surface area contributed by atoms with Gasteiger partial charge in [0.05, 0.1) is 36.7 Å². The molecule has 2 atom stereocenters. The number of carboxylic acid groups (broad SMARTS) is 1. The van der Waals surface area contributed by atoms with Gasteiger partial charge in [0.2, 0.25) is 5.91 Å². The number of nitrogens with zero attached hydrogens (tertiary/aromatic N) is 1. The quantitative estimate of drug-likeness (QED) is 0.416. The molecule has 1 amide bonds. The number of allylic oxidation sites excluding steroid dienone is 2. The number of hydrogen-bond acceptors (Lipinski definition) is 5. The Morgan fingerprint density at radius 3 is 2.44 bits per heavy atom. The number of aliphatic carboxylic acids is 1. The number of hydrogen-bond donors (Lipinski definition) is 1. The first-order valence-electron chi connectivity index (χ1n) is 11.7. The smallest absolute Gasteiger partial charge is 0.341 e. The van der Waals surface area contributed by atoms with Crippen molar-refractivity contribution in [2.45, 2.75) is 38.1 Å². The van der Waals surface area contributed by atoms with Crippen molar-refractivity contribution in [1.29, 1.82) is 0 Å². The maximum Gasteiger partial charge on any atom is 0.341 e. The second-order valence-electron chi connectivity index (χ2n) is 8.32. The number of rotatable bonds is 9. The van der Waals surface area contributed by atoms with E-state index in [1.165, 1.54) is 0 Å². The van der Waals surface area contributed by atoms with Gasteiger partial charge in [-0.25, -0.2) is 4.79 Å². The van der Waals surface area contributed by atoms with Crippen LogP contribution in [-0.2, 0) is 16.0 Å². The number of alkyl halides is 1. The van der Waals surface area contributed by atoms with Crippen LogP contribution in [-0.4, -0.2) is 42.2 Å². The monoisotopic (exact) mass is 531 g/mol. The lowest BCUT2D eigenvalue weighted by Gasteiger charge is -2.39. The molecule has 2 aromatic carbocycles. The normalized spacial score (nSPS) is 18.9. The minimum absolute atomic E-state index is 0.109. The molecule has 0 saturated carbocycles.